The van der Waals surface area contributed by atoms with Crippen molar-refractivity contribution in [2.24, 2.45) is 0 Å². The highest BCUT2D eigenvalue weighted by Gasteiger charge is 2.10. The van der Waals surface area contributed by atoms with Crippen molar-refractivity contribution in [3.8, 4) is 0 Å². The predicted molar refractivity (Wildman–Crippen MR) is 96.3 cm³/mol. The van der Waals surface area contributed by atoms with E-state index >= 15 is 0 Å². The fourth-order valence-electron chi connectivity index (χ4n) is 2.43. The molecule has 0 bridgehead atoms. The first kappa shape index (κ1) is 16.6. The lowest BCUT2D eigenvalue weighted by molar-refractivity contribution is 0.0945. The summed E-state index contributed by atoms with van der Waals surface area (Å²) in [6.45, 7) is 0.124. The van der Waals surface area contributed by atoms with Gasteiger partial charge in [-0.25, -0.2) is 9.37 Å². The minimum atomic E-state index is -0.337. The Morgan fingerprint density at radius 2 is 1.72 bits per heavy atom. The van der Waals surface area contributed by atoms with Crippen LogP contribution in [-0.2, 0) is 6.54 Å². The number of halogens is 1. The molecule has 0 saturated heterocycles. The van der Waals surface area contributed by atoms with E-state index in [9.17, 15) is 9.18 Å². The molecule has 4 nitrogen and oxygen atoms in total. The molecule has 0 fully saturated rings. The maximum absolute atomic E-state index is 13.6. The summed E-state index contributed by atoms with van der Waals surface area (Å²) >= 11 is 0. The molecular weight excluding hydrogens is 317 g/mol. The van der Waals surface area contributed by atoms with Crippen LogP contribution in [0.25, 0.3) is 0 Å². The molecule has 0 radical (unpaired) electrons. The topological polar surface area (TPSA) is 45.2 Å². The molecule has 1 N–H and O–H groups in total. The molecule has 0 aliphatic rings. The van der Waals surface area contributed by atoms with Crippen LogP contribution in [0.5, 0.6) is 0 Å². The van der Waals surface area contributed by atoms with Crippen LogP contribution in [0.1, 0.15) is 16.1 Å². The van der Waals surface area contributed by atoms with E-state index < -0.39 is 0 Å². The second-order valence-corrected chi connectivity index (χ2v) is 5.57. The third-order valence-electron chi connectivity index (χ3n) is 3.91. The van der Waals surface area contributed by atoms with Crippen molar-refractivity contribution < 1.29 is 9.18 Å². The summed E-state index contributed by atoms with van der Waals surface area (Å²) in [6, 6.07) is 19.7. The Bertz CT molecular complexity index is 850. The molecule has 0 atom stereocenters. The number of pyridine rings is 1. The normalized spacial score (nSPS) is 10.3. The van der Waals surface area contributed by atoms with Crippen LogP contribution < -0.4 is 10.2 Å². The van der Waals surface area contributed by atoms with Crippen molar-refractivity contribution in [2.45, 2.75) is 6.54 Å². The molecule has 126 valence electrons. The van der Waals surface area contributed by atoms with E-state index in [-0.39, 0.29) is 18.3 Å². The number of carbonyl (C=O) groups excluding carboxylic acids is 1. The monoisotopic (exact) mass is 335 g/mol. The van der Waals surface area contributed by atoms with Crippen molar-refractivity contribution in [2.75, 3.05) is 11.9 Å². The minimum Gasteiger partial charge on any atom is -0.347 e. The first-order valence-corrected chi connectivity index (χ1v) is 7.91. The van der Waals surface area contributed by atoms with Crippen molar-refractivity contribution in [1.29, 1.82) is 0 Å². The number of anilines is 2. The molecule has 5 heteroatoms. The Hall–Kier alpha value is -3.21. The van der Waals surface area contributed by atoms with Crippen LogP contribution in [0.3, 0.4) is 0 Å². The molecule has 1 aromatic heterocycles. The number of nitrogens with one attached hydrogen (secondary N) is 1. The number of para-hydroxylation sites is 1. The average molecular weight is 335 g/mol. The van der Waals surface area contributed by atoms with Crippen molar-refractivity contribution >= 4 is 17.3 Å². The lowest BCUT2D eigenvalue weighted by atomic mass is 10.2. The van der Waals surface area contributed by atoms with E-state index in [2.05, 4.69) is 10.3 Å². The highest BCUT2D eigenvalue weighted by Crippen LogP contribution is 2.22. The third kappa shape index (κ3) is 4.01. The summed E-state index contributed by atoms with van der Waals surface area (Å²) in [6.07, 6.45) is 1.64. The fraction of sp³-hybridized carbons (Fsp3) is 0.100. The number of benzene rings is 2. The maximum Gasteiger partial charge on any atom is 0.270 e. The molecule has 3 rings (SSSR count). The van der Waals surface area contributed by atoms with E-state index in [1.54, 1.807) is 30.5 Å². The Kier molecular flexibility index (Phi) is 5.04. The van der Waals surface area contributed by atoms with Gasteiger partial charge in [0.1, 0.15) is 11.5 Å². The Morgan fingerprint density at radius 3 is 2.40 bits per heavy atom. The van der Waals surface area contributed by atoms with Crippen molar-refractivity contribution in [3.05, 3.63) is 90.0 Å². The van der Waals surface area contributed by atoms with E-state index in [0.29, 0.717) is 11.3 Å². The van der Waals surface area contributed by atoms with E-state index in [0.717, 1.165) is 11.4 Å². The molecule has 0 aliphatic carbocycles. The lowest BCUT2D eigenvalue weighted by Gasteiger charge is -2.19. The molecule has 0 saturated carbocycles. The van der Waals surface area contributed by atoms with Gasteiger partial charge in [0.15, 0.2) is 0 Å². The van der Waals surface area contributed by atoms with Gasteiger partial charge >= 0.3 is 0 Å². The van der Waals surface area contributed by atoms with Gasteiger partial charge < -0.3 is 10.2 Å². The Morgan fingerprint density at radius 1 is 1.00 bits per heavy atom. The van der Waals surface area contributed by atoms with Gasteiger partial charge in [0.25, 0.3) is 5.91 Å². The number of hydrogen-bond donors (Lipinski definition) is 1. The molecule has 0 spiro atoms. The average Bonchev–Trinajstić information content (AvgIpc) is 2.67. The number of nitrogens with zero attached hydrogens (tertiary/aromatic N) is 2. The molecule has 1 heterocycles. The predicted octanol–water partition coefficient (Wildman–Crippen LogP) is 3.92. The summed E-state index contributed by atoms with van der Waals surface area (Å²) in [5, 5.41) is 2.68. The summed E-state index contributed by atoms with van der Waals surface area (Å²) in [4.78, 5) is 18.4. The number of hydrogen-bond acceptors (Lipinski definition) is 3. The van der Waals surface area contributed by atoms with Crippen LogP contribution in [0, 0.1) is 5.82 Å². The summed E-state index contributed by atoms with van der Waals surface area (Å²) < 4.78 is 13.6. The maximum atomic E-state index is 13.6. The molecule has 25 heavy (non-hydrogen) atoms. The van der Waals surface area contributed by atoms with Crippen LogP contribution in [0.4, 0.5) is 15.8 Å². The van der Waals surface area contributed by atoms with Crippen molar-refractivity contribution in [3.63, 3.8) is 0 Å². The minimum absolute atomic E-state index is 0.124. The van der Waals surface area contributed by atoms with Gasteiger partial charge in [0.05, 0.1) is 11.9 Å². The van der Waals surface area contributed by atoms with Gasteiger partial charge in [-0.15, -0.1) is 0 Å². The summed E-state index contributed by atoms with van der Waals surface area (Å²) in [5.41, 5.74) is 2.63. The lowest BCUT2D eigenvalue weighted by Crippen LogP contribution is -2.24. The quantitative estimate of drug-likeness (QED) is 0.769. The SMILES string of the molecule is CN(c1ccccc1)c1ccc(C(=O)NCc2ccccc2F)nc1. The van der Waals surface area contributed by atoms with Gasteiger partial charge in [0, 0.05) is 24.8 Å². The van der Waals surface area contributed by atoms with Crippen LogP contribution in [0.15, 0.2) is 72.9 Å². The number of aromatic nitrogens is 1. The standard InChI is InChI=1S/C20H18FN3O/c1-24(16-8-3-2-4-9-16)17-11-12-19(22-14-17)20(25)23-13-15-7-5-6-10-18(15)21/h2-12,14H,13H2,1H3,(H,23,25). The molecule has 2 aromatic carbocycles. The molecule has 0 aliphatic heterocycles. The zero-order chi connectivity index (χ0) is 17.6. The molecule has 1 amide bonds. The van der Waals surface area contributed by atoms with Gasteiger partial charge in [0.2, 0.25) is 0 Å². The largest absolute Gasteiger partial charge is 0.347 e. The van der Waals surface area contributed by atoms with E-state index in [1.807, 2.05) is 48.3 Å². The fourth-order valence-corrected chi connectivity index (χ4v) is 2.43. The number of carbonyl (C=O) groups is 1. The highest BCUT2D eigenvalue weighted by molar-refractivity contribution is 5.92. The van der Waals surface area contributed by atoms with Crippen LogP contribution >= 0.6 is 0 Å². The molecular formula is C20H18FN3O. The Balaban J connectivity index is 1.65. The second-order valence-electron chi connectivity index (χ2n) is 5.57. The van der Waals surface area contributed by atoms with Gasteiger partial charge in [-0.05, 0) is 30.3 Å². The third-order valence-corrected chi connectivity index (χ3v) is 3.91. The van der Waals surface area contributed by atoms with Gasteiger partial charge in [-0.2, -0.15) is 0 Å². The van der Waals surface area contributed by atoms with Gasteiger partial charge in [-0.1, -0.05) is 36.4 Å². The van der Waals surface area contributed by atoms with Crippen molar-refractivity contribution in [1.82, 2.24) is 10.3 Å². The molecule has 0 unspecified atom stereocenters. The second kappa shape index (κ2) is 7.57. The zero-order valence-electron chi connectivity index (χ0n) is 13.8. The first-order valence-electron chi connectivity index (χ1n) is 7.91. The highest BCUT2D eigenvalue weighted by atomic mass is 19.1. The Labute approximate surface area is 145 Å². The zero-order valence-corrected chi connectivity index (χ0v) is 13.8. The van der Waals surface area contributed by atoms with Gasteiger partial charge in [-0.3, -0.25) is 4.79 Å². The number of amides is 1. The molecule has 3 aromatic rings. The van der Waals surface area contributed by atoms with Crippen LogP contribution in [0.2, 0.25) is 0 Å². The smallest absolute Gasteiger partial charge is 0.270 e. The van der Waals surface area contributed by atoms with Crippen LogP contribution in [-0.4, -0.2) is 17.9 Å². The first-order chi connectivity index (χ1) is 12.1. The summed E-state index contributed by atoms with van der Waals surface area (Å²) in [7, 11) is 1.93. The van der Waals surface area contributed by atoms with E-state index in [1.165, 1.54) is 6.07 Å². The number of rotatable bonds is 5. The van der Waals surface area contributed by atoms with E-state index in [4.69, 9.17) is 0 Å². The summed E-state index contributed by atoms with van der Waals surface area (Å²) in [5.74, 6) is -0.673.